The van der Waals surface area contributed by atoms with Crippen molar-refractivity contribution in [2.45, 2.75) is 17.4 Å². The number of rotatable bonds is 9. The van der Waals surface area contributed by atoms with E-state index in [9.17, 15) is 13.2 Å². The van der Waals surface area contributed by atoms with Gasteiger partial charge in [-0.25, -0.2) is 17.9 Å². The van der Waals surface area contributed by atoms with Crippen LogP contribution < -0.4 is 9.46 Å². The lowest BCUT2D eigenvalue weighted by atomic mass is 10.00. The molecule has 0 aliphatic carbocycles. The fourth-order valence-corrected chi connectivity index (χ4v) is 4.23. The maximum Gasteiger partial charge on any atom is 0.341 e. The number of carbonyl (C=O) groups is 1. The molecule has 0 radical (unpaired) electrons. The first-order chi connectivity index (χ1) is 14.3. The summed E-state index contributed by atoms with van der Waals surface area (Å²) >= 11 is 5.87. The van der Waals surface area contributed by atoms with Gasteiger partial charge in [0.2, 0.25) is 10.0 Å². The van der Waals surface area contributed by atoms with Crippen molar-refractivity contribution >= 4 is 27.6 Å². The molecule has 0 fully saturated rings. The molecule has 0 saturated carbocycles. The predicted octanol–water partition coefficient (Wildman–Crippen LogP) is 4.07. The number of hydrogen-bond acceptors (Lipinski definition) is 4. The summed E-state index contributed by atoms with van der Waals surface area (Å²) in [6.07, 6.45) is 0.399. The average molecular weight is 446 g/mol. The number of sulfonamides is 1. The Labute approximate surface area is 180 Å². The smallest absolute Gasteiger partial charge is 0.341 e. The minimum atomic E-state index is -3.77. The third-order valence-corrected chi connectivity index (χ3v) is 6.09. The Morgan fingerprint density at radius 3 is 2.20 bits per heavy atom. The Morgan fingerprint density at radius 2 is 1.60 bits per heavy atom. The van der Waals surface area contributed by atoms with Gasteiger partial charge < -0.3 is 9.84 Å². The van der Waals surface area contributed by atoms with Gasteiger partial charge in [-0.3, -0.25) is 0 Å². The zero-order valence-electron chi connectivity index (χ0n) is 15.9. The van der Waals surface area contributed by atoms with Crippen molar-refractivity contribution in [1.82, 2.24) is 4.72 Å². The monoisotopic (exact) mass is 445 g/mol. The quantitative estimate of drug-likeness (QED) is 0.518. The van der Waals surface area contributed by atoms with Gasteiger partial charge in [0.25, 0.3) is 0 Å². The highest BCUT2D eigenvalue weighted by molar-refractivity contribution is 7.89. The molecular weight excluding hydrogens is 426 g/mol. The minimum absolute atomic E-state index is 0.130. The van der Waals surface area contributed by atoms with E-state index in [0.717, 1.165) is 11.1 Å². The van der Waals surface area contributed by atoms with E-state index in [2.05, 4.69) is 4.72 Å². The molecule has 2 N–H and O–H groups in total. The summed E-state index contributed by atoms with van der Waals surface area (Å²) in [4.78, 5) is 10.7. The van der Waals surface area contributed by atoms with E-state index in [1.165, 1.54) is 24.3 Å². The van der Waals surface area contributed by atoms with Gasteiger partial charge in [0, 0.05) is 5.02 Å². The van der Waals surface area contributed by atoms with Gasteiger partial charge in [-0.1, -0.05) is 54.1 Å². The molecule has 6 nitrogen and oxygen atoms in total. The van der Waals surface area contributed by atoms with E-state index < -0.39 is 28.6 Å². The number of halogens is 1. The number of ether oxygens (including phenoxy) is 1. The van der Waals surface area contributed by atoms with Gasteiger partial charge in [-0.15, -0.1) is 0 Å². The lowest BCUT2D eigenvalue weighted by Crippen LogP contribution is -2.30. The van der Waals surface area contributed by atoms with E-state index in [1.807, 2.05) is 30.3 Å². The summed E-state index contributed by atoms with van der Waals surface area (Å²) in [6.45, 7) is -0.424. The van der Waals surface area contributed by atoms with Crippen LogP contribution in [0.4, 0.5) is 0 Å². The molecule has 0 amide bonds. The summed E-state index contributed by atoms with van der Waals surface area (Å²) in [7, 11) is -3.77. The second-order valence-corrected chi connectivity index (χ2v) is 8.72. The Balaban J connectivity index is 1.81. The van der Waals surface area contributed by atoms with Crippen molar-refractivity contribution in [3.8, 4) is 5.75 Å². The topological polar surface area (TPSA) is 92.7 Å². The lowest BCUT2D eigenvalue weighted by Gasteiger charge is -2.20. The van der Waals surface area contributed by atoms with Crippen molar-refractivity contribution in [2.75, 3.05) is 6.61 Å². The summed E-state index contributed by atoms with van der Waals surface area (Å²) in [5.74, 6) is -0.626. The minimum Gasteiger partial charge on any atom is -0.482 e. The molecule has 0 heterocycles. The van der Waals surface area contributed by atoms with Gasteiger partial charge in [0.1, 0.15) is 5.75 Å². The first-order valence-electron chi connectivity index (χ1n) is 9.10. The molecule has 0 spiro atoms. The van der Waals surface area contributed by atoms with Gasteiger partial charge in [0.15, 0.2) is 6.61 Å². The first-order valence-corrected chi connectivity index (χ1v) is 11.0. The summed E-state index contributed by atoms with van der Waals surface area (Å²) < 4.78 is 33.7. The van der Waals surface area contributed by atoms with E-state index in [1.54, 1.807) is 24.3 Å². The number of nitrogens with one attached hydrogen (secondary N) is 1. The van der Waals surface area contributed by atoms with Gasteiger partial charge in [-0.2, -0.15) is 0 Å². The first kappa shape index (κ1) is 21.8. The van der Waals surface area contributed by atoms with Gasteiger partial charge >= 0.3 is 5.97 Å². The number of hydrogen-bond donors (Lipinski definition) is 2. The standard InChI is InChI=1S/C22H20ClNO5S/c23-18-8-12-20(13-9-18)30(27,28)24-21(17-4-2-1-3-5-17)14-16-6-10-19(11-7-16)29-15-22(25)26/h1-13,21,24H,14-15H2,(H,25,26). The third kappa shape index (κ3) is 6.06. The zero-order valence-corrected chi connectivity index (χ0v) is 17.4. The molecule has 0 aliphatic heterocycles. The average Bonchev–Trinajstić information content (AvgIpc) is 2.73. The van der Waals surface area contributed by atoms with Crippen LogP contribution in [-0.4, -0.2) is 26.1 Å². The van der Waals surface area contributed by atoms with Crippen LogP contribution in [0.5, 0.6) is 5.75 Å². The van der Waals surface area contributed by atoms with Crippen molar-refractivity contribution in [3.63, 3.8) is 0 Å². The second kappa shape index (κ2) is 9.75. The van der Waals surface area contributed by atoms with Crippen molar-refractivity contribution in [3.05, 3.63) is 95.0 Å². The van der Waals surface area contributed by atoms with E-state index in [-0.39, 0.29) is 4.90 Å². The molecule has 1 unspecified atom stereocenters. The largest absolute Gasteiger partial charge is 0.482 e. The molecule has 8 heteroatoms. The highest BCUT2D eigenvalue weighted by Gasteiger charge is 2.22. The number of benzene rings is 3. The summed E-state index contributed by atoms with van der Waals surface area (Å²) in [6, 6.07) is 21.6. The molecule has 0 saturated heterocycles. The van der Waals surface area contributed by atoms with Gasteiger partial charge in [-0.05, 0) is 53.9 Å². The molecule has 0 aromatic heterocycles. The Kier molecular flexibility index (Phi) is 7.10. The third-order valence-electron chi connectivity index (χ3n) is 4.35. The van der Waals surface area contributed by atoms with E-state index >= 15 is 0 Å². The molecule has 3 rings (SSSR count). The fraction of sp³-hybridized carbons (Fsp3) is 0.136. The molecule has 3 aromatic rings. The number of carboxylic acids is 1. The second-order valence-electron chi connectivity index (χ2n) is 6.57. The molecule has 156 valence electrons. The zero-order chi connectivity index (χ0) is 21.6. The van der Waals surface area contributed by atoms with Crippen LogP contribution in [0.3, 0.4) is 0 Å². The highest BCUT2D eigenvalue weighted by atomic mass is 35.5. The Bertz CT molecular complexity index is 1080. The van der Waals surface area contributed by atoms with Crippen molar-refractivity contribution < 1.29 is 23.1 Å². The highest BCUT2D eigenvalue weighted by Crippen LogP contribution is 2.23. The summed E-state index contributed by atoms with van der Waals surface area (Å²) in [5, 5.41) is 9.15. The Morgan fingerprint density at radius 1 is 0.967 bits per heavy atom. The van der Waals surface area contributed by atoms with E-state index in [0.29, 0.717) is 17.2 Å². The molecular formula is C22H20ClNO5S. The maximum absolute atomic E-state index is 12.9. The van der Waals surface area contributed by atoms with Crippen LogP contribution in [0.2, 0.25) is 5.02 Å². The molecule has 0 bridgehead atoms. The summed E-state index contributed by atoms with van der Waals surface area (Å²) in [5.41, 5.74) is 1.69. The normalized spacial score (nSPS) is 12.3. The van der Waals surface area contributed by atoms with Crippen LogP contribution in [0, 0.1) is 0 Å². The van der Waals surface area contributed by atoms with Crippen LogP contribution in [0.15, 0.2) is 83.8 Å². The predicted molar refractivity (Wildman–Crippen MR) is 114 cm³/mol. The van der Waals surface area contributed by atoms with Crippen LogP contribution in [-0.2, 0) is 21.2 Å². The SMILES string of the molecule is O=C(O)COc1ccc(CC(NS(=O)(=O)c2ccc(Cl)cc2)c2ccccc2)cc1. The van der Waals surface area contributed by atoms with Crippen LogP contribution in [0.25, 0.3) is 0 Å². The van der Waals surface area contributed by atoms with Crippen molar-refractivity contribution in [1.29, 1.82) is 0 Å². The van der Waals surface area contributed by atoms with Crippen molar-refractivity contribution in [2.24, 2.45) is 0 Å². The van der Waals surface area contributed by atoms with Crippen LogP contribution in [0.1, 0.15) is 17.2 Å². The van der Waals surface area contributed by atoms with E-state index in [4.69, 9.17) is 21.4 Å². The lowest BCUT2D eigenvalue weighted by molar-refractivity contribution is -0.139. The fourth-order valence-electron chi connectivity index (χ4n) is 2.88. The van der Waals surface area contributed by atoms with Crippen LogP contribution >= 0.6 is 11.6 Å². The molecule has 30 heavy (non-hydrogen) atoms. The number of carboxylic acid groups (broad SMARTS) is 1. The number of aliphatic carboxylic acids is 1. The maximum atomic E-state index is 12.9. The van der Waals surface area contributed by atoms with Gasteiger partial charge in [0.05, 0.1) is 10.9 Å². The molecule has 3 aromatic carbocycles. The molecule has 0 aliphatic rings. The molecule has 1 atom stereocenters. The Hall–Kier alpha value is -2.87.